The van der Waals surface area contributed by atoms with Gasteiger partial charge in [0.1, 0.15) is 5.82 Å². The predicted molar refractivity (Wildman–Crippen MR) is 57.0 cm³/mol. The third-order valence-electron chi connectivity index (χ3n) is 3.03. The fourth-order valence-electron chi connectivity index (χ4n) is 2.28. The summed E-state index contributed by atoms with van der Waals surface area (Å²) in [7, 11) is 0. The molecule has 0 spiro atoms. The molecule has 0 atom stereocenters. The second-order valence-electron chi connectivity index (χ2n) is 3.95. The molecule has 0 radical (unpaired) electrons. The van der Waals surface area contributed by atoms with E-state index in [1.807, 2.05) is 10.6 Å². The molecular weight excluding hydrogens is 212 g/mol. The highest BCUT2D eigenvalue weighted by atomic mass is 35.5. The molecule has 0 N–H and O–H groups in total. The minimum Gasteiger partial charge on any atom is -0.282 e. The molecule has 78 valence electrons. The SMILES string of the molecule is Clc1nccn2c(C3CCCC3)nnc12. The molecule has 0 saturated heterocycles. The highest BCUT2D eigenvalue weighted by Gasteiger charge is 2.22. The Balaban J connectivity index is 2.15. The van der Waals surface area contributed by atoms with Crippen molar-refractivity contribution in [3.8, 4) is 0 Å². The molecule has 1 fully saturated rings. The molecule has 0 bridgehead atoms. The Morgan fingerprint density at radius 1 is 1.27 bits per heavy atom. The van der Waals surface area contributed by atoms with Gasteiger partial charge in [-0.2, -0.15) is 0 Å². The summed E-state index contributed by atoms with van der Waals surface area (Å²) in [5.41, 5.74) is 0.668. The van der Waals surface area contributed by atoms with Gasteiger partial charge in [0, 0.05) is 18.3 Å². The molecule has 2 aromatic rings. The zero-order chi connectivity index (χ0) is 10.3. The number of rotatable bonds is 1. The summed E-state index contributed by atoms with van der Waals surface area (Å²) in [4.78, 5) is 3.99. The van der Waals surface area contributed by atoms with Crippen LogP contribution in [-0.2, 0) is 0 Å². The first kappa shape index (κ1) is 9.09. The molecule has 5 heteroatoms. The standard InChI is InChI=1S/C10H11ClN4/c11-8-10-14-13-9(7-3-1-2-4-7)15(10)6-5-12-8/h5-7H,1-4H2. The maximum absolute atomic E-state index is 5.94. The largest absolute Gasteiger partial charge is 0.282 e. The number of fused-ring (bicyclic) bond motifs is 1. The molecular formula is C10H11ClN4. The Morgan fingerprint density at radius 2 is 2.07 bits per heavy atom. The molecule has 0 unspecified atom stereocenters. The number of nitrogens with zero attached hydrogens (tertiary/aromatic N) is 4. The van der Waals surface area contributed by atoms with Crippen LogP contribution in [-0.4, -0.2) is 19.6 Å². The van der Waals surface area contributed by atoms with Crippen LogP contribution in [0.15, 0.2) is 12.4 Å². The molecule has 2 heterocycles. The second kappa shape index (κ2) is 3.45. The first-order valence-corrected chi connectivity index (χ1v) is 5.59. The van der Waals surface area contributed by atoms with E-state index in [1.165, 1.54) is 25.7 Å². The van der Waals surface area contributed by atoms with Gasteiger partial charge in [0.25, 0.3) is 0 Å². The zero-order valence-corrected chi connectivity index (χ0v) is 8.98. The molecule has 1 aliphatic rings. The first-order valence-electron chi connectivity index (χ1n) is 5.21. The van der Waals surface area contributed by atoms with Gasteiger partial charge in [0.05, 0.1) is 0 Å². The zero-order valence-electron chi connectivity index (χ0n) is 8.23. The second-order valence-corrected chi connectivity index (χ2v) is 4.31. The van der Waals surface area contributed by atoms with Gasteiger partial charge < -0.3 is 0 Å². The first-order chi connectivity index (χ1) is 7.36. The lowest BCUT2D eigenvalue weighted by Crippen LogP contribution is -2.00. The van der Waals surface area contributed by atoms with Crippen LogP contribution in [0.5, 0.6) is 0 Å². The van der Waals surface area contributed by atoms with Crippen LogP contribution in [0.25, 0.3) is 5.65 Å². The molecule has 3 rings (SSSR count). The van der Waals surface area contributed by atoms with E-state index in [2.05, 4.69) is 15.2 Å². The number of halogens is 1. The lowest BCUT2D eigenvalue weighted by molar-refractivity contribution is 0.658. The van der Waals surface area contributed by atoms with Crippen molar-refractivity contribution in [3.63, 3.8) is 0 Å². The summed E-state index contributed by atoms with van der Waals surface area (Å²) in [6.07, 6.45) is 8.57. The van der Waals surface area contributed by atoms with Gasteiger partial charge in [0.2, 0.25) is 0 Å². The monoisotopic (exact) mass is 222 g/mol. The average Bonchev–Trinajstić information content (AvgIpc) is 2.85. The molecule has 1 aliphatic carbocycles. The van der Waals surface area contributed by atoms with Crippen LogP contribution in [0.4, 0.5) is 0 Å². The van der Waals surface area contributed by atoms with Gasteiger partial charge in [-0.05, 0) is 12.8 Å². The maximum Gasteiger partial charge on any atom is 0.198 e. The molecule has 0 aliphatic heterocycles. The van der Waals surface area contributed by atoms with Gasteiger partial charge in [-0.1, -0.05) is 24.4 Å². The number of aromatic nitrogens is 4. The smallest absolute Gasteiger partial charge is 0.198 e. The summed E-state index contributed by atoms with van der Waals surface area (Å²) in [5.74, 6) is 1.57. The normalized spacial score (nSPS) is 17.7. The van der Waals surface area contributed by atoms with E-state index in [0.717, 1.165) is 5.82 Å². The Labute approximate surface area is 92.3 Å². The van der Waals surface area contributed by atoms with E-state index in [0.29, 0.717) is 16.7 Å². The van der Waals surface area contributed by atoms with Crippen molar-refractivity contribution in [2.75, 3.05) is 0 Å². The van der Waals surface area contributed by atoms with Gasteiger partial charge in [-0.15, -0.1) is 10.2 Å². The van der Waals surface area contributed by atoms with Crippen molar-refractivity contribution in [3.05, 3.63) is 23.4 Å². The van der Waals surface area contributed by atoms with Crippen molar-refractivity contribution in [1.82, 2.24) is 19.6 Å². The van der Waals surface area contributed by atoms with Gasteiger partial charge in [-0.3, -0.25) is 4.40 Å². The number of hydrogen-bond acceptors (Lipinski definition) is 3. The predicted octanol–water partition coefficient (Wildman–Crippen LogP) is 2.44. The van der Waals surface area contributed by atoms with E-state index in [9.17, 15) is 0 Å². The third-order valence-corrected chi connectivity index (χ3v) is 3.30. The van der Waals surface area contributed by atoms with Crippen LogP contribution < -0.4 is 0 Å². The lowest BCUT2D eigenvalue weighted by Gasteiger charge is -2.05. The van der Waals surface area contributed by atoms with Crippen molar-refractivity contribution in [2.45, 2.75) is 31.6 Å². The van der Waals surface area contributed by atoms with Crippen LogP contribution in [0.2, 0.25) is 5.15 Å². The Hall–Kier alpha value is -1.16. The van der Waals surface area contributed by atoms with Gasteiger partial charge in [0.15, 0.2) is 10.8 Å². The van der Waals surface area contributed by atoms with E-state index < -0.39 is 0 Å². The van der Waals surface area contributed by atoms with E-state index >= 15 is 0 Å². The highest BCUT2D eigenvalue weighted by Crippen LogP contribution is 2.33. The van der Waals surface area contributed by atoms with Crippen LogP contribution in [0.1, 0.15) is 37.4 Å². The quantitative estimate of drug-likeness (QED) is 0.744. The van der Waals surface area contributed by atoms with E-state index in [4.69, 9.17) is 11.6 Å². The summed E-state index contributed by atoms with van der Waals surface area (Å²) in [6.45, 7) is 0. The fraction of sp³-hybridized carbons (Fsp3) is 0.500. The maximum atomic E-state index is 5.94. The van der Waals surface area contributed by atoms with Crippen molar-refractivity contribution in [2.24, 2.45) is 0 Å². The molecule has 4 nitrogen and oxygen atoms in total. The van der Waals surface area contributed by atoms with Crippen LogP contribution in [0.3, 0.4) is 0 Å². The highest BCUT2D eigenvalue weighted by molar-refractivity contribution is 6.32. The average molecular weight is 223 g/mol. The minimum atomic E-state index is 0.425. The van der Waals surface area contributed by atoms with Crippen molar-refractivity contribution < 1.29 is 0 Å². The summed E-state index contributed by atoms with van der Waals surface area (Å²) in [5, 5.41) is 8.73. The minimum absolute atomic E-state index is 0.425. The Morgan fingerprint density at radius 3 is 2.87 bits per heavy atom. The van der Waals surface area contributed by atoms with E-state index in [1.54, 1.807) is 6.20 Å². The Kier molecular flexibility index (Phi) is 2.09. The topological polar surface area (TPSA) is 43.1 Å². The summed E-state index contributed by atoms with van der Waals surface area (Å²) < 4.78 is 1.96. The summed E-state index contributed by atoms with van der Waals surface area (Å²) >= 11 is 5.94. The number of hydrogen-bond donors (Lipinski definition) is 0. The molecule has 0 amide bonds. The molecule has 1 saturated carbocycles. The van der Waals surface area contributed by atoms with Crippen molar-refractivity contribution >= 4 is 17.2 Å². The molecule has 2 aromatic heterocycles. The van der Waals surface area contributed by atoms with Gasteiger partial charge >= 0.3 is 0 Å². The van der Waals surface area contributed by atoms with Gasteiger partial charge in [-0.25, -0.2) is 4.98 Å². The van der Waals surface area contributed by atoms with Crippen molar-refractivity contribution in [1.29, 1.82) is 0 Å². The molecule has 15 heavy (non-hydrogen) atoms. The Bertz CT molecular complexity index is 487. The molecule has 0 aromatic carbocycles. The lowest BCUT2D eigenvalue weighted by atomic mass is 10.1. The van der Waals surface area contributed by atoms with Crippen LogP contribution in [0, 0.1) is 0 Å². The summed E-state index contributed by atoms with van der Waals surface area (Å²) in [6, 6.07) is 0. The van der Waals surface area contributed by atoms with E-state index in [-0.39, 0.29) is 0 Å². The van der Waals surface area contributed by atoms with Crippen LogP contribution >= 0.6 is 11.6 Å². The third kappa shape index (κ3) is 1.40. The fourth-order valence-corrected chi connectivity index (χ4v) is 2.46.